The summed E-state index contributed by atoms with van der Waals surface area (Å²) in [6, 6.07) is 10.7. The highest BCUT2D eigenvalue weighted by atomic mass is 32.1. The molecule has 0 unspecified atom stereocenters. The van der Waals surface area contributed by atoms with Crippen LogP contribution in [0.25, 0.3) is 0 Å². The predicted molar refractivity (Wildman–Crippen MR) is 92.6 cm³/mol. The van der Waals surface area contributed by atoms with Gasteiger partial charge >= 0.3 is 0 Å². The molecule has 0 bridgehead atoms. The van der Waals surface area contributed by atoms with Gasteiger partial charge in [0, 0.05) is 5.69 Å². The van der Waals surface area contributed by atoms with E-state index in [1.54, 1.807) is 30.5 Å². The van der Waals surface area contributed by atoms with Gasteiger partial charge in [0.15, 0.2) is 16.6 Å². The van der Waals surface area contributed by atoms with E-state index >= 15 is 0 Å². The average molecular weight is 333 g/mol. The number of rotatable bonds is 5. The molecule has 0 saturated heterocycles. The SMILES string of the molecule is CCOc1cc(C=NNC(=S)Nc2ccc(F)cc2)ccc1O. The summed E-state index contributed by atoms with van der Waals surface area (Å²) in [4.78, 5) is 0. The van der Waals surface area contributed by atoms with Crippen molar-refractivity contribution in [2.45, 2.75) is 6.92 Å². The second-order valence-corrected chi connectivity index (χ2v) is 4.90. The Morgan fingerprint density at radius 2 is 2.04 bits per heavy atom. The summed E-state index contributed by atoms with van der Waals surface area (Å²) in [5.74, 6) is 0.152. The molecule has 3 N–H and O–H groups in total. The van der Waals surface area contributed by atoms with Crippen LogP contribution >= 0.6 is 12.2 Å². The van der Waals surface area contributed by atoms with Crippen molar-refractivity contribution >= 4 is 29.2 Å². The predicted octanol–water partition coefficient (Wildman–Crippen LogP) is 3.25. The second kappa shape index (κ2) is 8.09. The summed E-state index contributed by atoms with van der Waals surface area (Å²) in [6.07, 6.45) is 1.54. The van der Waals surface area contributed by atoms with E-state index in [0.717, 1.165) is 5.56 Å². The molecule has 0 aliphatic carbocycles. The number of hydrazone groups is 1. The molecule has 0 fully saturated rings. The van der Waals surface area contributed by atoms with Gasteiger partial charge in [-0.1, -0.05) is 0 Å². The fourth-order valence-corrected chi connectivity index (χ4v) is 1.91. The van der Waals surface area contributed by atoms with Crippen molar-refractivity contribution in [2.75, 3.05) is 11.9 Å². The molecule has 0 atom stereocenters. The van der Waals surface area contributed by atoms with E-state index in [4.69, 9.17) is 17.0 Å². The quantitative estimate of drug-likeness (QED) is 0.445. The van der Waals surface area contributed by atoms with Crippen molar-refractivity contribution in [1.29, 1.82) is 0 Å². The molecular formula is C16H16FN3O2S. The number of aromatic hydroxyl groups is 1. The summed E-state index contributed by atoms with van der Waals surface area (Å²) in [5.41, 5.74) is 4.05. The minimum atomic E-state index is -0.315. The zero-order chi connectivity index (χ0) is 16.7. The molecule has 7 heteroatoms. The molecule has 0 radical (unpaired) electrons. The van der Waals surface area contributed by atoms with E-state index < -0.39 is 0 Å². The molecule has 0 amide bonds. The molecule has 0 aliphatic rings. The minimum absolute atomic E-state index is 0.0745. The Balaban J connectivity index is 1.91. The Bertz CT molecular complexity index is 705. The van der Waals surface area contributed by atoms with E-state index in [9.17, 15) is 9.50 Å². The Morgan fingerprint density at radius 1 is 1.30 bits per heavy atom. The monoisotopic (exact) mass is 333 g/mol. The van der Waals surface area contributed by atoms with Crippen LogP contribution in [-0.2, 0) is 0 Å². The summed E-state index contributed by atoms with van der Waals surface area (Å²) in [7, 11) is 0. The molecule has 0 heterocycles. The topological polar surface area (TPSA) is 65.9 Å². The maximum absolute atomic E-state index is 12.8. The number of hydrogen-bond acceptors (Lipinski definition) is 4. The van der Waals surface area contributed by atoms with Crippen molar-refractivity contribution in [1.82, 2.24) is 5.43 Å². The van der Waals surface area contributed by atoms with Crippen molar-refractivity contribution in [3.05, 3.63) is 53.8 Å². The van der Waals surface area contributed by atoms with Crippen LogP contribution < -0.4 is 15.5 Å². The highest BCUT2D eigenvalue weighted by Crippen LogP contribution is 2.26. The number of ether oxygens (including phenoxy) is 1. The van der Waals surface area contributed by atoms with Crippen molar-refractivity contribution in [2.24, 2.45) is 5.10 Å². The standard InChI is InChI=1S/C16H16FN3O2S/c1-2-22-15-9-11(3-8-14(15)21)10-18-20-16(23)19-13-6-4-12(17)5-7-13/h3-10,21H,2H2,1H3,(H2,19,20,23). The van der Waals surface area contributed by atoms with Crippen LogP contribution in [-0.4, -0.2) is 23.0 Å². The zero-order valence-electron chi connectivity index (χ0n) is 12.4. The first kappa shape index (κ1) is 16.7. The van der Waals surface area contributed by atoms with Crippen LogP contribution in [0.3, 0.4) is 0 Å². The second-order valence-electron chi connectivity index (χ2n) is 4.49. The summed E-state index contributed by atoms with van der Waals surface area (Å²) < 4.78 is 18.1. The summed E-state index contributed by atoms with van der Waals surface area (Å²) in [6.45, 7) is 2.29. The van der Waals surface area contributed by atoms with E-state index in [-0.39, 0.29) is 16.7 Å². The lowest BCUT2D eigenvalue weighted by Crippen LogP contribution is -2.23. The highest BCUT2D eigenvalue weighted by Gasteiger charge is 2.02. The molecule has 120 valence electrons. The fraction of sp³-hybridized carbons (Fsp3) is 0.125. The lowest BCUT2D eigenvalue weighted by molar-refractivity contribution is 0.318. The van der Waals surface area contributed by atoms with Crippen LogP contribution in [0.2, 0.25) is 0 Å². The zero-order valence-corrected chi connectivity index (χ0v) is 13.2. The largest absolute Gasteiger partial charge is 0.504 e. The molecule has 0 saturated carbocycles. The van der Waals surface area contributed by atoms with Gasteiger partial charge in [-0.15, -0.1) is 0 Å². The van der Waals surface area contributed by atoms with Crippen LogP contribution in [0, 0.1) is 5.82 Å². The summed E-state index contributed by atoms with van der Waals surface area (Å²) >= 11 is 5.08. The minimum Gasteiger partial charge on any atom is -0.504 e. The highest BCUT2D eigenvalue weighted by molar-refractivity contribution is 7.80. The smallest absolute Gasteiger partial charge is 0.191 e. The lowest BCUT2D eigenvalue weighted by Gasteiger charge is -2.07. The first-order valence-electron chi connectivity index (χ1n) is 6.90. The number of hydrogen-bond donors (Lipinski definition) is 3. The van der Waals surface area contributed by atoms with Gasteiger partial charge in [-0.2, -0.15) is 5.10 Å². The number of thiocarbonyl (C=S) groups is 1. The molecule has 0 aromatic heterocycles. The Hall–Kier alpha value is -2.67. The van der Waals surface area contributed by atoms with Gasteiger partial charge in [0.05, 0.1) is 12.8 Å². The average Bonchev–Trinajstić information content (AvgIpc) is 2.53. The number of phenolic OH excluding ortho intramolecular Hbond substituents is 1. The first-order chi connectivity index (χ1) is 11.1. The van der Waals surface area contributed by atoms with Crippen molar-refractivity contribution < 1.29 is 14.2 Å². The molecule has 2 aromatic carbocycles. The van der Waals surface area contributed by atoms with Crippen LogP contribution in [0.5, 0.6) is 11.5 Å². The molecule has 0 aliphatic heterocycles. The van der Waals surface area contributed by atoms with Crippen LogP contribution in [0.15, 0.2) is 47.6 Å². The Labute approximate surface area is 138 Å². The van der Waals surface area contributed by atoms with Gasteiger partial charge in [0.25, 0.3) is 0 Å². The number of nitrogens with zero attached hydrogens (tertiary/aromatic N) is 1. The van der Waals surface area contributed by atoms with Gasteiger partial charge in [0.2, 0.25) is 0 Å². The third-order valence-corrected chi connectivity index (χ3v) is 2.96. The normalized spacial score (nSPS) is 10.5. The molecule has 23 heavy (non-hydrogen) atoms. The third-order valence-electron chi connectivity index (χ3n) is 2.77. The fourth-order valence-electron chi connectivity index (χ4n) is 1.74. The van der Waals surface area contributed by atoms with Gasteiger partial charge in [-0.3, -0.25) is 5.43 Å². The van der Waals surface area contributed by atoms with Crippen LogP contribution in [0.4, 0.5) is 10.1 Å². The number of phenols is 1. The molecule has 2 rings (SSSR count). The molecule has 5 nitrogen and oxygen atoms in total. The Kier molecular flexibility index (Phi) is 5.87. The number of anilines is 1. The van der Waals surface area contributed by atoms with Crippen LogP contribution in [0.1, 0.15) is 12.5 Å². The van der Waals surface area contributed by atoms with E-state index in [1.165, 1.54) is 18.2 Å². The van der Waals surface area contributed by atoms with Crippen molar-refractivity contribution in [3.63, 3.8) is 0 Å². The van der Waals surface area contributed by atoms with E-state index in [1.807, 2.05) is 6.92 Å². The van der Waals surface area contributed by atoms with Gasteiger partial charge in [0.1, 0.15) is 5.82 Å². The maximum atomic E-state index is 12.8. The maximum Gasteiger partial charge on any atom is 0.191 e. The Morgan fingerprint density at radius 3 is 2.74 bits per heavy atom. The van der Waals surface area contributed by atoms with E-state index in [2.05, 4.69) is 15.8 Å². The molecule has 2 aromatic rings. The van der Waals surface area contributed by atoms with Gasteiger partial charge in [-0.05, 0) is 67.2 Å². The van der Waals surface area contributed by atoms with Gasteiger partial charge in [-0.25, -0.2) is 4.39 Å². The summed E-state index contributed by atoms with van der Waals surface area (Å²) in [5, 5.41) is 16.8. The number of nitrogens with one attached hydrogen (secondary N) is 2. The molecular weight excluding hydrogens is 317 g/mol. The number of halogens is 1. The lowest BCUT2D eigenvalue weighted by atomic mass is 10.2. The van der Waals surface area contributed by atoms with Gasteiger partial charge < -0.3 is 15.2 Å². The van der Waals surface area contributed by atoms with E-state index in [0.29, 0.717) is 18.0 Å². The third kappa shape index (κ3) is 5.23. The molecule has 0 spiro atoms. The number of benzene rings is 2. The van der Waals surface area contributed by atoms with Crippen molar-refractivity contribution in [3.8, 4) is 11.5 Å². The first-order valence-corrected chi connectivity index (χ1v) is 7.30.